The molecule has 3 N–H and O–H groups in total. The maximum atomic E-state index is 11.8. The molecule has 0 atom stereocenters. The number of urea groups is 1. The van der Waals surface area contributed by atoms with Gasteiger partial charge < -0.3 is 10.6 Å². The fourth-order valence-electron chi connectivity index (χ4n) is 1.45. The standard InChI is InChI=1S/C14H11ClN4O3/c15-10-3-1-9(2-4-10)13(20)22-19-12-7-5-11(6-8-12)17-18-14(16)21/h1-8,19H,(H2,16,21). The third-order valence-electron chi connectivity index (χ3n) is 2.47. The molecule has 0 radical (unpaired) electrons. The Kier molecular flexibility index (Phi) is 5.05. The second-order valence-electron chi connectivity index (χ2n) is 4.08. The molecule has 0 aliphatic heterocycles. The molecule has 2 aromatic carbocycles. The molecule has 0 aliphatic carbocycles. The summed E-state index contributed by atoms with van der Waals surface area (Å²) in [4.78, 5) is 27.1. The Bertz CT molecular complexity index is 699. The van der Waals surface area contributed by atoms with Gasteiger partial charge in [-0.25, -0.2) is 15.1 Å². The van der Waals surface area contributed by atoms with E-state index < -0.39 is 12.0 Å². The highest BCUT2D eigenvalue weighted by Gasteiger charge is 2.07. The molecule has 8 heteroatoms. The Hall–Kier alpha value is -2.93. The van der Waals surface area contributed by atoms with Crippen LogP contribution in [-0.4, -0.2) is 12.0 Å². The molecule has 0 saturated carbocycles. The topological polar surface area (TPSA) is 106 Å². The maximum absolute atomic E-state index is 11.8. The Morgan fingerprint density at radius 2 is 1.68 bits per heavy atom. The third-order valence-corrected chi connectivity index (χ3v) is 2.72. The highest BCUT2D eigenvalue weighted by Crippen LogP contribution is 2.17. The van der Waals surface area contributed by atoms with E-state index in [1.54, 1.807) is 48.5 Å². The van der Waals surface area contributed by atoms with E-state index in [2.05, 4.69) is 15.7 Å². The summed E-state index contributed by atoms with van der Waals surface area (Å²) in [7, 11) is 0. The first-order valence-corrected chi connectivity index (χ1v) is 6.46. The average molecular weight is 319 g/mol. The molecule has 22 heavy (non-hydrogen) atoms. The molecule has 0 spiro atoms. The van der Waals surface area contributed by atoms with E-state index in [4.69, 9.17) is 22.2 Å². The number of amides is 2. The van der Waals surface area contributed by atoms with Crippen molar-refractivity contribution in [2.75, 3.05) is 5.48 Å². The van der Waals surface area contributed by atoms with Crippen molar-refractivity contribution in [3.63, 3.8) is 0 Å². The number of carbonyl (C=O) groups is 2. The van der Waals surface area contributed by atoms with Gasteiger partial charge in [0.15, 0.2) is 0 Å². The number of nitrogens with one attached hydrogen (secondary N) is 1. The maximum Gasteiger partial charge on any atom is 0.362 e. The van der Waals surface area contributed by atoms with Gasteiger partial charge in [0.1, 0.15) is 0 Å². The molecule has 0 bridgehead atoms. The highest BCUT2D eigenvalue weighted by atomic mass is 35.5. The van der Waals surface area contributed by atoms with Gasteiger partial charge in [0, 0.05) is 5.02 Å². The summed E-state index contributed by atoms with van der Waals surface area (Å²) in [6, 6.07) is 11.8. The number of nitrogens with zero attached hydrogens (tertiary/aromatic N) is 2. The van der Waals surface area contributed by atoms with Crippen LogP contribution in [0, 0.1) is 0 Å². The highest BCUT2D eigenvalue weighted by molar-refractivity contribution is 6.30. The molecule has 7 nitrogen and oxygen atoms in total. The Morgan fingerprint density at radius 3 is 2.27 bits per heavy atom. The summed E-state index contributed by atoms with van der Waals surface area (Å²) in [5, 5.41) is 7.33. The van der Waals surface area contributed by atoms with E-state index in [0.29, 0.717) is 22.0 Å². The average Bonchev–Trinajstić information content (AvgIpc) is 2.52. The summed E-state index contributed by atoms with van der Waals surface area (Å²) >= 11 is 5.74. The van der Waals surface area contributed by atoms with Crippen LogP contribution in [0.2, 0.25) is 5.02 Å². The number of hydrogen-bond donors (Lipinski definition) is 2. The van der Waals surface area contributed by atoms with Crippen molar-refractivity contribution < 1.29 is 14.4 Å². The van der Waals surface area contributed by atoms with Crippen molar-refractivity contribution in [2.45, 2.75) is 0 Å². The number of halogens is 1. The second kappa shape index (κ2) is 7.19. The SMILES string of the molecule is NC(=O)N=Nc1ccc(NOC(=O)c2ccc(Cl)cc2)cc1. The minimum Gasteiger partial charge on any atom is -0.348 e. The monoisotopic (exact) mass is 318 g/mol. The van der Waals surface area contributed by atoms with Gasteiger partial charge in [-0.05, 0) is 48.5 Å². The molecule has 0 saturated heterocycles. The zero-order valence-corrected chi connectivity index (χ0v) is 11.9. The number of anilines is 1. The van der Waals surface area contributed by atoms with Crippen LogP contribution in [0.5, 0.6) is 0 Å². The normalized spacial score (nSPS) is 10.4. The lowest BCUT2D eigenvalue weighted by molar-refractivity contribution is 0.0596. The van der Waals surface area contributed by atoms with E-state index >= 15 is 0 Å². The van der Waals surface area contributed by atoms with Gasteiger partial charge in [-0.1, -0.05) is 16.7 Å². The van der Waals surface area contributed by atoms with Crippen molar-refractivity contribution in [1.82, 2.24) is 0 Å². The molecule has 0 fully saturated rings. The summed E-state index contributed by atoms with van der Waals surface area (Å²) in [6.45, 7) is 0. The van der Waals surface area contributed by atoms with Gasteiger partial charge in [-0.2, -0.15) is 0 Å². The zero-order chi connectivity index (χ0) is 15.9. The Balaban J connectivity index is 1.92. The predicted molar refractivity (Wildman–Crippen MR) is 81.0 cm³/mol. The minimum absolute atomic E-state index is 0.365. The van der Waals surface area contributed by atoms with Crippen LogP contribution in [0.4, 0.5) is 16.2 Å². The van der Waals surface area contributed by atoms with Crippen LogP contribution < -0.4 is 11.2 Å². The number of carbonyl (C=O) groups excluding carboxylic acids is 2. The summed E-state index contributed by atoms with van der Waals surface area (Å²) in [5.41, 5.74) is 8.67. The molecular weight excluding hydrogens is 308 g/mol. The molecule has 0 heterocycles. The van der Waals surface area contributed by atoms with Crippen LogP contribution in [0.1, 0.15) is 10.4 Å². The quantitative estimate of drug-likeness (QED) is 0.662. The first-order valence-electron chi connectivity index (χ1n) is 6.08. The molecule has 2 rings (SSSR count). The third kappa shape index (κ3) is 4.57. The van der Waals surface area contributed by atoms with Gasteiger partial charge in [-0.3, -0.25) is 0 Å². The molecule has 0 aliphatic rings. The van der Waals surface area contributed by atoms with Crippen molar-refractivity contribution in [3.8, 4) is 0 Å². The number of benzene rings is 2. The van der Waals surface area contributed by atoms with Gasteiger partial charge >= 0.3 is 12.0 Å². The number of rotatable bonds is 4. The molecule has 2 amide bonds. The van der Waals surface area contributed by atoms with E-state index in [1.165, 1.54) is 0 Å². The molecular formula is C14H11ClN4O3. The largest absolute Gasteiger partial charge is 0.362 e. The van der Waals surface area contributed by atoms with Crippen molar-refractivity contribution in [1.29, 1.82) is 0 Å². The Morgan fingerprint density at radius 1 is 1.05 bits per heavy atom. The number of hydrogen-bond acceptors (Lipinski definition) is 5. The zero-order valence-electron chi connectivity index (χ0n) is 11.2. The smallest absolute Gasteiger partial charge is 0.348 e. The fraction of sp³-hybridized carbons (Fsp3) is 0. The van der Waals surface area contributed by atoms with E-state index in [0.717, 1.165) is 0 Å². The van der Waals surface area contributed by atoms with Crippen molar-refractivity contribution in [3.05, 3.63) is 59.1 Å². The molecule has 112 valence electrons. The van der Waals surface area contributed by atoms with Gasteiger partial charge in [0.05, 0.1) is 16.9 Å². The van der Waals surface area contributed by atoms with Gasteiger partial charge in [-0.15, -0.1) is 5.11 Å². The molecule has 2 aromatic rings. The van der Waals surface area contributed by atoms with E-state index in [1.807, 2.05) is 0 Å². The lowest BCUT2D eigenvalue weighted by Crippen LogP contribution is -2.10. The summed E-state index contributed by atoms with van der Waals surface area (Å²) < 4.78 is 0. The van der Waals surface area contributed by atoms with E-state index in [-0.39, 0.29) is 0 Å². The lowest BCUT2D eigenvalue weighted by atomic mass is 10.2. The van der Waals surface area contributed by atoms with Crippen molar-refractivity contribution >= 4 is 35.0 Å². The second-order valence-corrected chi connectivity index (χ2v) is 4.52. The number of primary amides is 1. The molecule has 0 aromatic heterocycles. The van der Waals surface area contributed by atoms with Crippen LogP contribution in [0.15, 0.2) is 58.8 Å². The predicted octanol–water partition coefficient (Wildman–Crippen LogP) is 3.69. The summed E-state index contributed by atoms with van der Waals surface area (Å²) in [6.07, 6.45) is 0. The Labute approximate surface area is 130 Å². The van der Waals surface area contributed by atoms with Crippen LogP contribution in [0.3, 0.4) is 0 Å². The van der Waals surface area contributed by atoms with Gasteiger partial charge in [0.25, 0.3) is 0 Å². The fourth-order valence-corrected chi connectivity index (χ4v) is 1.58. The van der Waals surface area contributed by atoms with Gasteiger partial charge in [0.2, 0.25) is 0 Å². The number of azo groups is 1. The molecule has 0 unspecified atom stereocenters. The number of nitrogens with two attached hydrogens (primary N) is 1. The lowest BCUT2D eigenvalue weighted by Gasteiger charge is -2.06. The van der Waals surface area contributed by atoms with Crippen LogP contribution in [-0.2, 0) is 4.84 Å². The first kappa shape index (κ1) is 15.5. The minimum atomic E-state index is -0.876. The van der Waals surface area contributed by atoms with Crippen LogP contribution in [0.25, 0.3) is 0 Å². The van der Waals surface area contributed by atoms with E-state index in [9.17, 15) is 9.59 Å². The van der Waals surface area contributed by atoms with Crippen molar-refractivity contribution in [2.24, 2.45) is 16.0 Å². The summed E-state index contributed by atoms with van der Waals surface area (Å²) in [5.74, 6) is -0.547. The van der Waals surface area contributed by atoms with Crippen LogP contribution >= 0.6 is 11.6 Å². The first-order chi connectivity index (χ1) is 10.5.